The molecule has 0 bridgehead atoms. The quantitative estimate of drug-likeness (QED) is 0.844. The number of aliphatic hydroxyl groups is 1. The van der Waals surface area contributed by atoms with Crippen LogP contribution in [0.25, 0.3) is 0 Å². The average molecular weight is 284 g/mol. The molecule has 0 aliphatic heterocycles. The maximum Gasteiger partial charge on any atom is 0.122 e. The number of hydrogen-bond donors (Lipinski definition) is 2. The van der Waals surface area contributed by atoms with Gasteiger partial charge in [0.2, 0.25) is 0 Å². The van der Waals surface area contributed by atoms with E-state index in [1.54, 1.807) is 13.2 Å². The molecule has 3 unspecified atom stereocenters. The molecule has 3 atom stereocenters. The monoisotopic (exact) mass is 283 g/mol. The Morgan fingerprint density at radius 1 is 1.47 bits per heavy atom. The fourth-order valence-corrected chi connectivity index (χ4v) is 2.89. The molecule has 1 aliphatic rings. The largest absolute Gasteiger partial charge is 0.496 e. The van der Waals surface area contributed by atoms with Crippen molar-refractivity contribution in [3.8, 4) is 5.75 Å². The molecule has 2 rings (SSSR count). The van der Waals surface area contributed by atoms with Crippen molar-refractivity contribution < 1.29 is 9.84 Å². The maximum atomic E-state index is 10.6. The Labute approximate surface area is 119 Å². The SMILES string of the molecule is COc1ccc(Cl)cc1C(CN)C(O)C(C)C1CC1. The van der Waals surface area contributed by atoms with E-state index in [0.29, 0.717) is 17.5 Å². The smallest absolute Gasteiger partial charge is 0.122 e. The van der Waals surface area contributed by atoms with Crippen LogP contribution in [-0.2, 0) is 0 Å². The van der Waals surface area contributed by atoms with E-state index in [1.807, 2.05) is 12.1 Å². The van der Waals surface area contributed by atoms with Gasteiger partial charge in [-0.05, 0) is 42.9 Å². The summed E-state index contributed by atoms with van der Waals surface area (Å²) in [6.07, 6.45) is 1.97. The molecule has 106 valence electrons. The Kier molecular flexibility index (Phi) is 4.71. The van der Waals surface area contributed by atoms with Gasteiger partial charge in [0.25, 0.3) is 0 Å². The normalized spacial score (nSPS) is 19.8. The molecule has 0 spiro atoms. The minimum Gasteiger partial charge on any atom is -0.496 e. The van der Waals surface area contributed by atoms with Gasteiger partial charge < -0.3 is 15.6 Å². The van der Waals surface area contributed by atoms with E-state index in [-0.39, 0.29) is 11.8 Å². The first-order chi connectivity index (χ1) is 9.08. The summed E-state index contributed by atoms with van der Waals surface area (Å²) < 4.78 is 5.36. The molecule has 0 amide bonds. The summed E-state index contributed by atoms with van der Waals surface area (Å²) in [5, 5.41) is 11.2. The van der Waals surface area contributed by atoms with Gasteiger partial charge >= 0.3 is 0 Å². The molecule has 3 N–H and O–H groups in total. The molecule has 0 heterocycles. The first kappa shape index (κ1) is 14.6. The predicted molar refractivity (Wildman–Crippen MR) is 77.7 cm³/mol. The third-order valence-corrected chi connectivity index (χ3v) is 4.40. The lowest BCUT2D eigenvalue weighted by atomic mass is 9.84. The van der Waals surface area contributed by atoms with Crippen LogP contribution in [0.4, 0.5) is 0 Å². The highest BCUT2D eigenvalue weighted by molar-refractivity contribution is 6.30. The van der Waals surface area contributed by atoms with Crippen molar-refractivity contribution in [3.05, 3.63) is 28.8 Å². The lowest BCUT2D eigenvalue weighted by Gasteiger charge is -2.28. The molecule has 3 nitrogen and oxygen atoms in total. The van der Waals surface area contributed by atoms with Crippen LogP contribution in [-0.4, -0.2) is 24.9 Å². The average Bonchev–Trinajstić information content (AvgIpc) is 3.23. The summed E-state index contributed by atoms with van der Waals surface area (Å²) in [6.45, 7) is 2.48. The van der Waals surface area contributed by atoms with Crippen LogP contribution < -0.4 is 10.5 Å². The molecule has 1 aromatic carbocycles. The van der Waals surface area contributed by atoms with E-state index in [2.05, 4.69) is 6.92 Å². The van der Waals surface area contributed by atoms with Crippen molar-refractivity contribution in [3.63, 3.8) is 0 Å². The zero-order valence-electron chi connectivity index (χ0n) is 11.5. The number of nitrogens with two attached hydrogens (primary N) is 1. The van der Waals surface area contributed by atoms with Crippen LogP contribution in [0.1, 0.15) is 31.2 Å². The van der Waals surface area contributed by atoms with Crippen LogP contribution in [0.15, 0.2) is 18.2 Å². The molecule has 19 heavy (non-hydrogen) atoms. The van der Waals surface area contributed by atoms with Gasteiger partial charge in [-0.15, -0.1) is 0 Å². The summed E-state index contributed by atoms with van der Waals surface area (Å²) in [4.78, 5) is 0. The van der Waals surface area contributed by atoms with Crippen LogP contribution in [0.3, 0.4) is 0 Å². The van der Waals surface area contributed by atoms with Gasteiger partial charge in [-0.2, -0.15) is 0 Å². The predicted octanol–water partition coefficient (Wildman–Crippen LogP) is 2.80. The van der Waals surface area contributed by atoms with Crippen molar-refractivity contribution in [2.75, 3.05) is 13.7 Å². The zero-order valence-corrected chi connectivity index (χ0v) is 12.2. The van der Waals surface area contributed by atoms with Crippen LogP contribution in [0.2, 0.25) is 5.02 Å². The van der Waals surface area contributed by atoms with E-state index in [1.165, 1.54) is 12.8 Å². The summed E-state index contributed by atoms with van der Waals surface area (Å²) >= 11 is 6.06. The molecule has 1 fully saturated rings. The first-order valence-corrected chi connectivity index (χ1v) is 7.17. The minimum absolute atomic E-state index is 0.135. The molecule has 1 aliphatic carbocycles. The maximum absolute atomic E-state index is 10.6. The van der Waals surface area contributed by atoms with Crippen LogP contribution in [0.5, 0.6) is 5.75 Å². The number of ether oxygens (including phenoxy) is 1. The number of rotatable bonds is 6. The van der Waals surface area contributed by atoms with E-state index in [0.717, 1.165) is 11.3 Å². The Bertz CT molecular complexity index is 434. The summed E-state index contributed by atoms with van der Waals surface area (Å²) in [5.41, 5.74) is 6.78. The standard InChI is InChI=1S/C15H22ClNO2/c1-9(10-3-4-10)15(18)13(8-17)12-7-11(16)5-6-14(12)19-2/h5-7,9-10,13,15,18H,3-4,8,17H2,1-2H3. The van der Waals surface area contributed by atoms with Gasteiger partial charge in [0.15, 0.2) is 0 Å². The highest BCUT2D eigenvalue weighted by atomic mass is 35.5. The fourth-order valence-electron chi connectivity index (χ4n) is 2.71. The third kappa shape index (κ3) is 3.22. The topological polar surface area (TPSA) is 55.5 Å². The van der Waals surface area contributed by atoms with E-state index in [9.17, 15) is 5.11 Å². The summed E-state index contributed by atoms with van der Waals surface area (Å²) in [5.74, 6) is 1.50. The Morgan fingerprint density at radius 2 is 2.16 bits per heavy atom. The van der Waals surface area contributed by atoms with Gasteiger partial charge in [-0.1, -0.05) is 18.5 Å². The van der Waals surface area contributed by atoms with Crippen molar-refractivity contribution >= 4 is 11.6 Å². The fraction of sp³-hybridized carbons (Fsp3) is 0.600. The van der Waals surface area contributed by atoms with E-state index >= 15 is 0 Å². The molecule has 4 heteroatoms. The van der Waals surface area contributed by atoms with Crippen molar-refractivity contribution in [1.82, 2.24) is 0 Å². The van der Waals surface area contributed by atoms with Gasteiger partial charge in [-0.3, -0.25) is 0 Å². The molecule has 0 radical (unpaired) electrons. The lowest BCUT2D eigenvalue weighted by molar-refractivity contribution is 0.0792. The molecular weight excluding hydrogens is 262 g/mol. The summed E-state index contributed by atoms with van der Waals surface area (Å²) in [6, 6.07) is 5.46. The second kappa shape index (κ2) is 6.12. The minimum atomic E-state index is -0.454. The Hall–Kier alpha value is -0.770. The van der Waals surface area contributed by atoms with E-state index in [4.69, 9.17) is 22.1 Å². The van der Waals surface area contributed by atoms with Crippen molar-refractivity contribution in [2.24, 2.45) is 17.6 Å². The molecule has 0 saturated heterocycles. The number of methoxy groups -OCH3 is 1. The number of hydrogen-bond acceptors (Lipinski definition) is 3. The highest BCUT2D eigenvalue weighted by Crippen LogP contribution is 2.42. The molecule has 1 saturated carbocycles. The van der Waals surface area contributed by atoms with Gasteiger partial charge in [-0.25, -0.2) is 0 Å². The van der Waals surface area contributed by atoms with Gasteiger partial charge in [0.1, 0.15) is 5.75 Å². The van der Waals surface area contributed by atoms with Crippen molar-refractivity contribution in [1.29, 1.82) is 0 Å². The third-order valence-electron chi connectivity index (χ3n) is 4.16. The first-order valence-electron chi connectivity index (χ1n) is 6.80. The summed E-state index contributed by atoms with van der Waals surface area (Å²) in [7, 11) is 1.62. The zero-order chi connectivity index (χ0) is 14.0. The van der Waals surface area contributed by atoms with Crippen LogP contribution in [0, 0.1) is 11.8 Å². The molecular formula is C15H22ClNO2. The lowest BCUT2D eigenvalue weighted by Crippen LogP contribution is -2.32. The van der Waals surface area contributed by atoms with Crippen LogP contribution >= 0.6 is 11.6 Å². The molecule has 0 aromatic heterocycles. The number of benzene rings is 1. The van der Waals surface area contributed by atoms with E-state index < -0.39 is 6.10 Å². The van der Waals surface area contributed by atoms with Gasteiger partial charge in [0, 0.05) is 23.0 Å². The molecule has 1 aromatic rings. The second-order valence-electron chi connectivity index (χ2n) is 5.42. The van der Waals surface area contributed by atoms with Gasteiger partial charge in [0.05, 0.1) is 13.2 Å². The second-order valence-corrected chi connectivity index (χ2v) is 5.85. The Balaban J connectivity index is 2.27. The number of halogens is 1. The Morgan fingerprint density at radius 3 is 2.68 bits per heavy atom. The highest BCUT2D eigenvalue weighted by Gasteiger charge is 2.37. The van der Waals surface area contributed by atoms with Crippen molar-refractivity contribution in [2.45, 2.75) is 31.8 Å². The number of aliphatic hydroxyl groups excluding tert-OH is 1.